The summed E-state index contributed by atoms with van der Waals surface area (Å²) in [6.45, 7) is 9.96. The summed E-state index contributed by atoms with van der Waals surface area (Å²) in [6.07, 6.45) is 3.63. The van der Waals surface area contributed by atoms with E-state index in [9.17, 15) is 9.18 Å². The van der Waals surface area contributed by atoms with Gasteiger partial charge in [-0.15, -0.1) is 0 Å². The van der Waals surface area contributed by atoms with E-state index in [2.05, 4.69) is 25.8 Å². The lowest BCUT2D eigenvalue weighted by molar-refractivity contribution is 0.262. The summed E-state index contributed by atoms with van der Waals surface area (Å²) in [5.74, 6) is 0.0730. The fourth-order valence-corrected chi connectivity index (χ4v) is 4.47. The van der Waals surface area contributed by atoms with Gasteiger partial charge in [-0.3, -0.25) is 15.0 Å². The minimum absolute atomic E-state index is 0.264. The standard InChI is InChI=1S/C29H30FN7O/c1-17-7-10-20(30)13-23(17)37-26(14-25(35-37)29(3,4)5)33-28(38)32-21-11-8-19(9-12-21)22-15-31-16-24-27(22)18(2)34-36(24)6/h7-16H,1-6H3,(H2,32,33,38). The molecule has 8 nitrogen and oxygen atoms in total. The number of benzene rings is 2. The van der Waals surface area contributed by atoms with Gasteiger partial charge in [-0.1, -0.05) is 39.0 Å². The average Bonchev–Trinajstić information content (AvgIpc) is 3.41. The van der Waals surface area contributed by atoms with Crippen LogP contribution in [0.2, 0.25) is 0 Å². The van der Waals surface area contributed by atoms with Gasteiger partial charge in [0.2, 0.25) is 0 Å². The molecule has 0 aliphatic carbocycles. The van der Waals surface area contributed by atoms with Crippen LogP contribution in [-0.2, 0) is 12.5 Å². The van der Waals surface area contributed by atoms with Gasteiger partial charge in [-0.05, 0) is 49.2 Å². The molecule has 0 saturated heterocycles. The molecule has 0 saturated carbocycles. The average molecular weight is 512 g/mol. The minimum Gasteiger partial charge on any atom is -0.308 e. The number of aryl methyl sites for hydroxylation is 3. The number of pyridine rings is 1. The molecule has 0 atom stereocenters. The minimum atomic E-state index is -0.430. The van der Waals surface area contributed by atoms with E-state index >= 15 is 0 Å². The maximum Gasteiger partial charge on any atom is 0.324 e. The Kier molecular flexibility index (Phi) is 6.22. The molecule has 3 heterocycles. The summed E-state index contributed by atoms with van der Waals surface area (Å²) >= 11 is 0. The van der Waals surface area contributed by atoms with Crippen LogP contribution in [0, 0.1) is 19.7 Å². The highest BCUT2D eigenvalue weighted by atomic mass is 19.1. The monoisotopic (exact) mass is 511 g/mol. The highest BCUT2D eigenvalue weighted by molar-refractivity contribution is 6.00. The number of anilines is 2. The normalized spacial score (nSPS) is 11.7. The fourth-order valence-electron chi connectivity index (χ4n) is 4.47. The summed E-state index contributed by atoms with van der Waals surface area (Å²) in [5, 5.41) is 16.0. The lowest BCUT2D eigenvalue weighted by Crippen LogP contribution is -2.21. The molecular formula is C29H30FN7O. The molecule has 0 aliphatic heterocycles. The van der Waals surface area contributed by atoms with Crippen molar-refractivity contribution in [3.05, 3.63) is 83.7 Å². The van der Waals surface area contributed by atoms with Crippen LogP contribution in [-0.4, -0.2) is 30.6 Å². The number of nitrogens with one attached hydrogen (secondary N) is 2. The van der Waals surface area contributed by atoms with Crippen molar-refractivity contribution in [3.63, 3.8) is 0 Å². The Morgan fingerprint density at radius 1 is 0.947 bits per heavy atom. The zero-order valence-electron chi connectivity index (χ0n) is 22.3. The third-order valence-corrected chi connectivity index (χ3v) is 6.51. The van der Waals surface area contributed by atoms with Crippen LogP contribution in [0.4, 0.5) is 20.7 Å². The predicted molar refractivity (Wildman–Crippen MR) is 148 cm³/mol. The van der Waals surface area contributed by atoms with Crippen LogP contribution in [0.5, 0.6) is 0 Å². The summed E-state index contributed by atoms with van der Waals surface area (Å²) < 4.78 is 17.5. The van der Waals surface area contributed by atoms with E-state index < -0.39 is 6.03 Å². The van der Waals surface area contributed by atoms with E-state index in [1.54, 1.807) is 16.9 Å². The van der Waals surface area contributed by atoms with Crippen LogP contribution in [0.3, 0.4) is 0 Å². The Hall–Kier alpha value is -4.53. The van der Waals surface area contributed by atoms with Crippen molar-refractivity contribution in [3.8, 4) is 16.8 Å². The highest BCUT2D eigenvalue weighted by Crippen LogP contribution is 2.31. The van der Waals surface area contributed by atoms with Crippen LogP contribution in [0.1, 0.15) is 37.7 Å². The molecule has 0 fully saturated rings. The van der Waals surface area contributed by atoms with Gasteiger partial charge in [0, 0.05) is 41.4 Å². The third kappa shape index (κ3) is 4.74. The Balaban J connectivity index is 1.40. The number of urea groups is 1. The van der Waals surface area contributed by atoms with Crippen molar-refractivity contribution in [1.29, 1.82) is 0 Å². The number of halogens is 1. The second-order valence-corrected chi connectivity index (χ2v) is 10.5. The van der Waals surface area contributed by atoms with Crippen LogP contribution < -0.4 is 10.6 Å². The SMILES string of the molecule is Cc1ccc(F)cc1-n1nc(C(C)(C)C)cc1NC(=O)Nc1ccc(-c2cncc3c2c(C)nn3C)cc1. The molecule has 2 N–H and O–H groups in total. The maximum atomic E-state index is 14.1. The van der Waals surface area contributed by atoms with Gasteiger partial charge in [0.15, 0.2) is 0 Å². The van der Waals surface area contributed by atoms with Crippen LogP contribution >= 0.6 is 0 Å². The van der Waals surface area contributed by atoms with Crippen molar-refractivity contribution in [2.24, 2.45) is 7.05 Å². The number of fused-ring (bicyclic) bond motifs is 1. The van der Waals surface area contributed by atoms with Gasteiger partial charge < -0.3 is 5.32 Å². The number of hydrogen-bond acceptors (Lipinski definition) is 4. The molecule has 38 heavy (non-hydrogen) atoms. The van der Waals surface area contributed by atoms with Crippen molar-refractivity contribution < 1.29 is 9.18 Å². The van der Waals surface area contributed by atoms with Crippen molar-refractivity contribution >= 4 is 28.4 Å². The van der Waals surface area contributed by atoms with E-state index in [1.165, 1.54) is 12.1 Å². The predicted octanol–water partition coefficient (Wildman–Crippen LogP) is 6.52. The second-order valence-electron chi connectivity index (χ2n) is 10.5. The Labute approximate surface area is 220 Å². The molecule has 0 radical (unpaired) electrons. The molecule has 0 spiro atoms. The lowest BCUT2D eigenvalue weighted by atomic mass is 9.92. The molecule has 5 rings (SSSR count). The Bertz CT molecular complexity index is 1660. The van der Waals surface area contributed by atoms with E-state index in [4.69, 9.17) is 0 Å². The number of carbonyl (C=O) groups is 1. The molecule has 194 valence electrons. The zero-order chi connectivity index (χ0) is 27.2. The molecule has 2 aromatic carbocycles. The number of amides is 2. The van der Waals surface area contributed by atoms with Crippen LogP contribution in [0.15, 0.2) is 60.9 Å². The molecule has 0 bridgehead atoms. The van der Waals surface area contributed by atoms with Gasteiger partial charge in [0.05, 0.1) is 28.8 Å². The first-order valence-electron chi connectivity index (χ1n) is 12.3. The quantitative estimate of drug-likeness (QED) is 0.288. The van der Waals surface area contributed by atoms with Gasteiger partial charge in [0.25, 0.3) is 0 Å². The fraction of sp³-hybridized carbons (Fsp3) is 0.241. The molecule has 5 aromatic rings. The van der Waals surface area contributed by atoms with Crippen LogP contribution in [0.25, 0.3) is 27.7 Å². The van der Waals surface area contributed by atoms with E-state index in [0.717, 1.165) is 39.0 Å². The molecule has 0 aliphatic rings. The molecule has 0 unspecified atom stereocenters. The largest absolute Gasteiger partial charge is 0.324 e. The Morgan fingerprint density at radius 3 is 2.39 bits per heavy atom. The number of hydrogen-bond donors (Lipinski definition) is 2. The second kappa shape index (κ2) is 9.41. The lowest BCUT2D eigenvalue weighted by Gasteiger charge is -2.14. The van der Waals surface area contributed by atoms with Crippen molar-refractivity contribution in [2.45, 2.75) is 40.0 Å². The number of aromatic nitrogens is 5. The first-order valence-corrected chi connectivity index (χ1v) is 12.3. The van der Waals surface area contributed by atoms with E-state index in [0.29, 0.717) is 17.2 Å². The van der Waals surface area contributed by atoms with Gasteiger partial charge in [-0.2, -0.15) is 10.2 Å². The first kappa shape index (κ1) is 25.1. The summed E-state index contributed by atoms with van der Waals surface area (Å²) in [6, 6.07) is 13.5. The smallest absolute Gasteiger partial charge is 0.308 e. The molecule has 2 amide bonds. The third-order valence-electron chi connectivity index (χ3n) is 6.51. The van der Waals surface area contributed by atoms with Gasteiger partial charge in [0.1, 0.15) is 11.6 Å². The molecular weight excluding hydrogens is 481 g/mol. The molecule has 3 aromatic heterocycles. The first-order chi connectivity index (χ1) is 18.0. The topological polar surface area (TPSA) is 89.7 Å². The maximum absolute atomic E-state index is 14.1. The number of rotatable bonds is 4. The highest BCUT2D eigenvalue weighted by Gasteiger charge is 2.22. The Morgan fingerprint density at radius 2 is 1.68 bits per heavy atom. The number of nitrogens with zero attached hydrogens (tertiary/aromatic N) is 5. The van der Waals surface area contributed by atoms with Gasteiger partial charge in [-0.25, -0.2) is 13.9 Å². The number of carbonyl (C=O) groups excluding carboxylic acids is 1. The van der Waals surface area contributed by atoms with Crippen molar-refractivity contribution in [2.75, 3.05) is 10.6 Å². The van der Waals surface area contributed by atoms with E-state index in [-0.39, 0.29) is 11.2 Å². The molecule has 9 heteroatoms. The van der Waals surface area contributed by atoms with Crippen molar-refractivity contribution in [1.82, 2.24) is 24.5 Å². The van der Waals surface area contributed by atoms with Gasteiger partial charge >= 0.3 is 6.03 Å². The summed E-state index contributed by atoms with van der Waals surface area (Å²) in [5.41, 5.74) is 6.37. The van der Waals surface area contributed by atoms with E-state index in [1.807, 2.05) is 82.9 Å². The summed E-state index contributed by atoms with van der Waals surface area (Å²) in [7, 11) is 1.90. The zero-order valence-corrected chi connectivity index (χ0v) is 22.3. The summed E-state index contributed by atoms with van der Waals surface area (Å²) in [4.78, 5) is 17.4.